The van der Waals surface area contributed by atoms with Gasteiger partial charge in [-0.15, -0.1) is 0 Å². The molecule has 0 aliphatic carbocycles. The number of hydrogen-bond acceptors (Lipinski definition) is 6. The molecule has 1 N–H and O–H groups in total. The van der Waals surface area contributed by atoms with Crippen LogP contribution in [0.4, 0.5) is 4.79 Å². The van der Waals surface area contributed by atoms with Gasteiger partial charge in [0.1, 0.15) is 0 Å². The van der Waals surface area contributed by atoms with Gasteiger partial charge in [-0.1, -0.05) is 0 Å². The lowest BCUT2D eigenvalue weighted by Crippen LogP contribution is -2.34. The van der Waals surface area contributed by atoms with Gasteiger partial charge in [0.05, 0.1) is 7.11 Å². The molecule has 3 rings (SSSR count). The first-order chi connectivity index (χ1) is 9.26. The van der Waals surface area contributed by atoms with Crippen molar-refractivity contribution >= 4 is 6.09 Å². The zero-order valence-corrected chi connectivity index (χ0v) is 10.7. The maximum atomic E-state index is 12.0. The molecular formula is C12H16N4O3. The molecule has 2 fully saturated rings. The normalized spacial score (nSPS) is 25.2. The molecule has 0 radical (unpaired) electrons. The third kappa shape index (κ3) is 2.46. The van der Waals surface area contributed by atoms with Gasteiger partial charge in [0, 0.05) is 38.4 Å². The highest BCUT2D eigenvalue weighted by atomic mass is 16.6. The van der Waals surface area contributed by atoms with Crippen molar-refractivity contribution < 1.29 is 14.3 Å². The highest BCUT2D eigenvalue weighted by molar-refractivity contribution is 5.70. The van der Waals surface area contributed by atoms with Crippen LogP contribution in [0.15, 0.2) is 12.3 Å². The van der Waals surface area contributed by atoms with Gasteiger partial charge in [0.25, 0.3) is 0 Å². The number of likely N-dealkylation sites (tertiary alicyclic amines) is 1. The van der Waals surface area contributed by atoms with E-state index in [0.29, 0.717) is 11.8 Å². The maximum Gasteiger partial charge on any atom is 0.416 e. The Labute approximate surface area is 110 Å². The molecule has 7 heteroatoms. The Morgan fingerprint density at radius 1 is 1.42 bits per heavy atom. The van der Waals surface area contributed by atoms with E-state index in [-0.39, 0.29) is 18.0 Å². The fourth-order valence-corrected chi connectivity index (χ4v) is 2.64. The van der Waals surface area contributed by atoms with Crippen molar-refractivity contribution in [3.8, 4) is 11.9 Å². The highest BCUT2D eigenvalue weighted by Crippen LogP contribution is 2.26. The number of nitrogens with zero attached hydrogens (tertiary/aromatic N) is 3. The Morgan fingerprint density at radius 2 is 2.16 bits per heavy atom. The second kappa shape index (κ2) is 5.00. The van der Waals surface area contributed by atoms with Crippen molar-refractivity contribution in [1.29, 1.82) is 0 Å². The van der Waals surface area contributed by atoms with Crippen LogP contribution in [-0.2, 0) is 0 Å². The number of carbonyl (C=O) groups is 1. The number of ether oxygens (including phenoxy) is 2. The van der Waals surface area contributed by atoms with Gasteiger partial charge in [0.2, 0.25) is 5.88 Å². The fourth-order valence-electron chi connectivity index (χ4n) is 2.64. The number of nitrogens with one attached hydrogen (secondary N) is 1. The second-order valence-electron chi connectivity index (χ2n) is 4.83. The van der Waals surface area contributed by atoms with Crippen molar-refractivity contribution in [1.82, 2.24) is 20.2 Å². The summed E-state index contributed by atoms with van der Waals surface area (Å²) in [4.78, 5) is 21.6. The van der Waals surface area contributed by atoms with Crippen LogP contribution in [0.25, 0.3) is 0 Å². The first kappa shape index (κ1) is 12.2. The van der Waals surface area contributed by atoms with Gasteiger partial charge in [-0.05, 0) is 11.8 Å². The average Bonchev–Trinajstić information content (AvgIpc) is 2.99. The van der Waals surface area contributed by atoms with E-state index in [0.717, 1.165) is 26.2 Å². The van der Waals surface area contributed by atoms with E-state index in [2.05, 4.69) is 15.3 Å². The lowest BCUT2D eigenvalue weighted by Gasteiger charge is -2.16. The van der Waals surface area contributed by atoms with Crippen LogP contribution in [-0.4, -0.2) is 54.2 Å². The summed E-state index contributed by atoms with van der Waals surface area (Å²) in [6.07, 6.45) is 1.15. The molecule has 0 saturated carbocycles. The minimum atomic E-state index is -0.352. The lowest BCUT2D eigenvalue weighted by molar-refractivity contribution is 0.157. The van der Waals surface area contributed by atoms with E-state index in [4.69, 9.17) is 9.47 Å². The summed E-state index contributed by atoms with van der Waals surface area (Å²) in [5.74, 6) is 1.31. The van der Waals surface area contributed by atoms with Crippen LogP contribution in [0.1, 0.15) is 0 Å². The molecule has 0 aromatic carbocycles. The van der Waals surface area contributed by atoms with Gasteiger partial charge in [-0.25, -0.2) is 9.78 Å². The van der Waals surface area contributed by atoms with Crippen molar-refractivity contribution in [2.45, 2.75) is 0 Å². The molecule has 102 valence electrons. The monoisotopic (exact) mass is 264 g/mol. The number of rotatable bonds is 2. The molecular weight excluding hydrogens is 248 g/mol. The molecule has 2 aliphatic rings. The number of hydrogen-bond donors (Lipinski definition) is 1. The number of aromatic nitrogens is 2. The second-order valence-corrected chi connectivity index (χ2v) is 4.83. The van der Waals surface area contributed by atoms with Crippen LogP contribution in [0.2, 0.25) is 0 Å². The molecule has 7 nitrogen and oxygen atoms in total. The van der Waals surface area contributed by atoms with E-state index >= 15 is 0 Å². The van der Waals surface area contributed by atoms with Gasteiger partial charge in [0.15, 0.2) is 0 Å². The van der Waals surface area contributed by atoms with E-state index in [1.165, 1.54) is 13.3 Å². The van der Waals surface area contributed by atoms with Crippen LogP contribution in [0.5, 0.6) is 11.9 Å². The average molecular weight is 264 g/mol. The van der Waals surface area contributed by atoms with Crippen LogP contribution in [0, 0.1) is 11.8 Å². The summed E-state index contributed by atoms with van der Waals surface area (Å²) in [5, 5.41) is 3.33. The van der Waals surface area contributed by atoms with E-state index in [9.17, 15) is 4.79 Å². The smallest absolute Gasteiger partial charge is 0.416 e. The fraction of sp³-hybridized carbons (Fsp3) is 0.583. The molecule has 1 aromatic heterocycles. The van der Waals surface area contributed by atoms with Crippen molar-refractivity contribution in [3.63, 3.8) is 0 Å². The minimum absolute atomic E-state index is 0.188. The Hall–Kier alpha value is -1.89. The summed E-state index contributed by atoms with van der Waals surface area (Å²) in [7, 11) is 1.47. The molecule has 19 heavy (non-hydrogen) atoms. The Bertz CT molecular complexity index is 470. The minimum Gasteiger partial charge on any atom is -0.467 e. The van der Waals surface area contributed by atoms with E-state index < -0.39 is 0 Å². The molecule has 2 unspecified atom stereocenters. The third-order valence-electron chi connectivity index (χ3n) is 3.63. The first-order valence-electron chi connectivity index (χ1n) is 6.31. The number of amides is 1. The van der Waals surface area contributed by atoms with E-state index in [1.54, 1.807) is 11.0 Å². The predicted molar refractivity (Wildman–Crippen MR) is 66.0 cm³/mol. The summed E-state index contributed by atoms with van der Waals surface area (Å²) < 4.78 is 10.1. The third-order valence-corrected chi connectivity index (χ3v) is 3.63. The van der Waals surface area contributed by atoms with Crippen molar-refractivity contribution in [2.24, 2.45) is 11.8 Å². The summed E-state index contributed by atoms with van der Waals surface area (Å²) >= 11 is 0. The topological polar surface area (TPSA) is 76.6 Å². The lowest BCUT2D eigenvalue weighted by atomic mass is 10.0. The Morgan fingerprint density at radius 3 is 2.84 bits per heavy atom. The highest BCUT2D eigenvalue weighted by Gasteiger charge is 2.38. The van der Waals surface area contributed by atoms with Crippen LogP contribution in [0.3, 0.4) is 0 Å². The van der Waals surface area contributed by atoms with Gasteiger partial charge in [-0.3, -0.25) is 0 Å². The van der Waals surface area contributed by atoms with Gasteiger partial charge >= 0.3 is 12.1 Å². The number of carbonyl (C=O) groups excluding carboxylic acids is 1. The maximum absolute atomic E-state index is 12.0. The van der Waals surface area contributed by atoms with Gasteiger partial charge in [-0.2, -0.15) is 4.98 Å². The largest absolute Gasteiger partial charge is 0.467 e. The van der Waals surface area contributed by atoms with Crippen molar-refractivity contribution in [2.75, 3.05) is 33.3 Å². The Balaban J connectivity index is 1.62. The van der Waals surface area contributed by atoms with Crippen LogP contribution >= 0.6 is 0 Å². The molecule has 2 atom stereocenters. The Kier molecular flexibility index (Phi) is 3.20. The molecule has 0 spiro atoms. The van der Waals surface area contributed by atoms with E-state index in [1.807, 2.05) is 0 Å². The van der Waals surface area contributed by atoms with Crippen LogP contribution < -0.4 is 14.8 Å². The molecule has 2 saturated heterocycles. The first-order valence-corrected chi connectivity index (χ1v) is 6.31. The number of methoxy groups -OCH3 is 1. The molecule has 1 amide bonds. The standard InChI is InChI=1S/C12H16N4O3/c1-18-11-14-3-2-10(15-11)19-12(17)16-6-8-4-13-5-9(8)7-16/h2-3,8-9,13H,4-7H2,1H3. The van der Waals surface area contributed by atoms with Gasteiger partial charge < -0.3 is 19.7 Å². The molecule has 3 heterocycles. The zero-order chi connectivity index (χ0) is 13.2. The molecule has 2 aliphatic heterocycles. The quantitative estimate of drug-likeness (QED) is 0.818. The SMILES string of the molecule is COc1nccc(OC(=O)N2CC3CNCC3C2)n1. The van der Waals surface area contributed by atoms with Crippen molar-refractivity contribution in [3.05, 3.63) is 12.3 Å². The summed E-state index contributed by atoms with van der Waals surface area (Å²) in [6, 6.07) is 1.73. The number of fused-ring (bicyclic) bond motifs is 1. The molecule has 0 bridgehead atoms. The summed E-state index contributed by atoms with van der Waals surface area (Å²) in [5.41, 5.74) is 0. The molecule has 1 aromatic rings. The predicted octanol–water partition coefficient (Wildman–Crippen LogP) is 0.135. The zero-order valence-electron chi connectivity index (χ0n) is 10.7. The summed E-state index contributed by atoms with van der Waals surface area (Å²) in [6.45, 7) is 3.46.